The summed E-state index contributed by atoms with van der Waals surface area (Å²) >= 11 is 5.11. The van der Waals surface area contributed by atoms with E-state index in [1.165, 1.54) is 5.69 Å². The van der Waals surface area contributed by atoms with Crippen LogP contribution >= 0.6 is 27.9 Å². The van der Waals surface area contributed by atoms with Crippen LogP contribution in [0.3, 0.4) is 0 Å². The minimum Gasteiger partial charge on any atom is -0.492 e. The molecule has 3 N–H and O–H groups in total. The summed E-state index contributed by atoms with van der Waals surface area (Å²) in [5.41, 5.74) is 2.96. The van der Waals surface area contributed by atoms with E-state index in [0.29, 0.717) is 24.4 Å². The number of ether oxygens (including phenoxy) is 1. The number of hydrogen-bond acceptors (Lipinski definition) is 9. The number of aromatic nitrogens is 2. The Labute approximate surface area is 220 Å². The van der Waals surface area contributed by atoms with Crippen molar-refractivity contribution in [2.75, 3.05) is 56.4 Å². The van der Waals surface area contributed by atoms with E-state index >= 15 is 0 Å². The number of para-hydroxylation sites is 1. The van der Waals surface area contributed by atoms with Crippen LogP contribution in [-0.2, 0) is 0 Å². The Hall–Kier alpha value is -2.53. The van der Waals surface area contributed by atoms with Gasteiger partial charge in [-0.15, -0.1) is 0 Å². The van der Waals surface area contributed by atoms with Crippen molar-refractivity contribution in [3.05, 3.63) is 53.1 Å². The van der Waals surface area contributed by atoms with Gasteiger partial charge in [0.2, 0.25) is 5.95 Å². The van der Waals surface area contributed by atoms with Gasteiger partial charge in [0, 0.05) is 42.0 Å². The lowest BCUT2D eigenvalue weighted by atomic mass is 10.2. The first kappa shape index (κ1) is 25.6. The first-order valence-electron chi connectivity index (χ1n) is 11.7. The fourth-order valence-electron chi connectivity index (χ4n) is 4.02. The largest absolute Gasteiger partial charge is 0.492 e. The lowest BCUT2D eigenvalue weighted by molar-refractivity contribution is 0.315. The zero-order valence-corrected chi connectivity index (χ0v) is 22.9. The van der Waals surface area contributed by atoms with E-state index in [2.05, 4.69) is 78.4 Å². The van der Waals surface area contributed by atoms with Gasteiger partial charge in [0.05, 0.1) is 22.5 Å². The first-order chi connectivity index (χ1) is 17.0. The lowest BCUT2D eigenvalue weighted by Crippen LogP contribution is -2.31. The van der Waals surface area contributed by atoms with Crippen LogP contribution in [-0.4, -0.2) is 61.7 Å². The summed E-state index contributed by atoms with van der Waals surface area (Å²) in [5, 5.41) is 6.75. The number of hydrogen-bond donors (Lipinski definition) is 3. The van der Waals surface area contributed by atoms with Crippen molar-refractivity contribution in [3.8, 4) is 5.75 Å². The Morgan fingerprint density at radius 1 is 1.17 bits per heavy atom. The summed E-state index contributed by atoms with van der Waals surface area (Å²) in [6.07, 6.45) is 2.90. The Kier molecular flexibility index (Phi) is 8.72. The van der Waals surface area contributed by atoms with Gasteiger partial charge in [-0.25, -0.2) is 4.98 Å². The smallest absolute Gasteiger partial charge is 0.229 e. The number of nitrogens with one attached hydrogen (secondary N) is 3. The summed E-state index contributed by atoms with van der Waals surface area (Å²) in [6.45, 7) is 4.63. The van der Waals surface area contributed by atoms with Gasteiger partial charge in [-0.2, -0.15) is 4.98 Å². The van der Waals surface area contributed by atoms with Gasteiger partial charge in [0.25, 0.3) is 0 Å². The fourth-order valence-corrected chi connectivity index (χ4v) is 4.90. The van der Waals surface area contributed by atoms with E-state index in [9.17, 15) is 0 Å². The molecule has 0 saturated carbocycles. The predicted octanol–water partition coefficient (Wildman–Crippen LogP) is 5.49. The van der Waals surface area contributed by atoms with Crippen molar-refractivity contribution < 1.29 is 4.74 Å². The third-order valence-electron chi connectivity index (χ3n) is 5.87. The van der Waals surface area contributed by atoms with Crippen LogP contribution in [0.1, 0.15) is 13.3 Å². The van der Waals surface area contributed by atoms with Gasteiger partial charge in [-0.05, 0) is 86.6 Å². The fraction of sp³-hybridized carbons (Fsp3) is 0.360. The Morgan fingerprint density at radius 2 is 2.00 bits per heavy atom. The quantitative estimate of drug-likeness (QED) is 0.280. The lowest BCUT2D eigenvalue weighted by Gasteiger charge is -2.23. The van der Waals surface area contributed by atoms with Gasteiger partial charge in [-0.1, -0.05) is 12.1 Å². The number of likely N-dealkylation sites (N-methyl/N-ethyl adjacent to an activating group) is 1. The van der Waals surface area contributed by atoms with Crippen molar-refractivity contribution in [1.82, 2.24) is 19.6 Å². The highest BCUT2D eigenvalue weighted by Gasteiger charge is 2.24. The van der Waals surface area contributed by atoms with Crippen molar-refractivity contribution in [1.29, 1.82) is 0 Å². The maximum absolute atomic E-state index is 5.99. The van der Waals surface area contributed by atoms with Crippen LogP contribution in [0.4, 0.5) is 28.8 Å². The molecule has 0 radical (unpaired) electrons. The molecule has 1 saturated heterocycles. The molecular weight excluding hydrogens is 526 g/mol. The second kappa shape index (κ2) is 11.9. The molecule has 186 valence electrons. The Bertz CT molecular complexity index is 1150. The average molecular weight is 559 g/mol. The standard InChI is InChI=1S/C25H32BrN7OS/c1-5-34-22-14-17(33-13-12-18(16-33)32(3)4)10-11-20(22)30-25-28-15-19(26)24(31-25)29-21-8-6-7-9-23(21)35-27-2/h6-11,14-15,18,27H,5,12-13,16H2,1-4H3,(H2,28,29,30,31). The van der Waals surface area contributed by atoms with Gasteiger partial charge in [-0.3, -0.25) is 4.72 Å². The highest BCUT2D eigenvalue weighted by Crippen LogP contribution is 2.35. The minimum absolute atomic E-state index is 0.483. The number of benzene rings is 2. The number of rotatable bonds is 10. The number of halogens is 1. The molecule has 10 heteroatoms. The maximum Gasteiger partial charge on any atom is 0.229 e. The van der Waals surface area contributed by atoms with E-state index < -0.39 is 0 Å². The van der Waals surface area contributed by atoms with Gasteiger partial charge < -0.3 is 25.2 Å². The van der Waals surface area contributed by atoms with Crippen molar-refractivity contribution in [2.45, 2.75) is 24.3 Å². The topological polar surface area (TPSA) is 77.6 Å². The van der Waals surface area contributed by atoms with E-state index in [4.69, 9.17) is 9.72 Å². The molecule has 1 fully saturated rings. The predicted molar refractivity (Wildman–Crippen MR) is 150 cm³/mol. The van der Waals surface area contributed by atoms with Crippen molar-refractivity contribution >= 4 is 56.7 Å². The molecule has 1 unspecified atom stereocenters. The number of nitrogens with zero attached hydrogens (tertiary/aromatic N) is 4. The summed E-state index contributed by atoms with van der Waals surface area (Å²) in [7, 11) is 6.19. The number of anilines is 5. The molecule has 3 aromatic rings. The second-order valence-electron chi connectivity index (χ2n) is 8.41. The molecule has 0 bridgehead atoms. The molecule has 2 aromatic carbocycles. The van der Waals surface area contributed by atoms with Gasteiger partial charge in [0.1, 0.15) is 11.6 Å². The molecule has 1 atom stereocenters. The third kappa shape index (κ3) is 6.38. The van der Waals surface area contributed by atoms with Crippen LogP contribution < -0.4 is 25.0 Å². The van der Waals surface area contributed by atoms with Crippen LogP contribution in [0, 0.1) is 0 Å². The second-order valence-corrected chi connectivity index (χ2v) is 10.3. The van der Waals surface area contributed by atoms with Crippen LogP contribution in [0.15, 0.2) is 58.0 Å². The summed E-state index contributed by atoms with van der Waals surface area (Å²) in [6, 6.07) is 14.9. The van der Waals surface area contributed by atoms with Crippen molar-refractivity contribution in [2.24, 2.45) is 0 Å². The van der Waals surface area contributed by atoms with Gasteiger partial charge >= 0.3 is 0 Å². The Balaban J connectivity index is 1.55. The molecule has 0 amide bonds. The molecule has 4 rings (SSSR count). The molecule has 1 aliphatic heterocycles. The molecule has 0 aliphatic carbocycles. The zero-order chi connectivity index (χ0) is 24.8. The van der Waals surface area contributed by atoms with E-state index in [1.807, 2.05) is 38.2 Å². The monoisotopic (exact) mass is 557 g/mol. The first-order valence-corrected chi connectivity index (χ1v) is 13.3. The molecule has 1 aliphatic rings. The third-order valence-corrected chi connectivity index (χ3v) is 7.23. The van der Waals surface area contributed by atoms with E-state index in [-0.39, 0.29) is 0 Å². The SMILES string of the molecule is CCOc1cc(N2CCC(N(C)C)C2)ccc1Nc1ncc(Br)c(Nc2ccccc2SNC)n1. The summed E-state index contributed by atoms with van der Waals surface area (Å²) in [4.78, 5) is 15.0. The van der Waals surface area contributed by atoms with Gasteiger partial charge in [0.15, 0.2) is 0 Å². The molecule has 8 nitrogen and oxygen atoms in total. The normalized spacial score (nSPS) is 15.5. The molecule has 1 aromatic heterocycles. The minimum atomic E-state index is 0.483. The highest BCUT2D eigenvalue weighted by molar-refractivity contribution is 9.10. The molecule has 35 heavy (non-hydrogen) atoms. The zero-order valence-electron chi connectivity index (χ0n) is 20.5. The summed E-state index contributed by atoms with van der Waals surface area (Å²) < 4.78 is 9.88. The molecule has 2 heterocycles. The summed E-state index contributed by atoms with van der Waals surface area (Å²) in [5.74, 6) is 1.94. The molecule has 0 spiro atoms. The van der Waals surface area contributed by atoms with Crippen LogP contribution in [0.25, 0.3) is 0 Å². The highest BCUT2D eigenvalue weighted by atomic mass is 79.9. The maximum atomic E-state index is 5.99. The molecular formula is C25H32BrN7OS. The van der Waals surface area contributed by atoms with E-state index in [0.717, 1.165) is 46.0 Å². The van der Waals surface area contributed by atoms with Crippen LogP contribution in [0.5, 0.6) is 5.75 Å². The van der Waals surface area contributed by atoms with Crippen LogP contribution in [0.2, 0.25) is 0 Å². The Morgan fingerprint density at radius 3 is 2.74 bits per heavy atom. The van der Waals surface area contributed by atoms with Crippen molar-refractivity contribution in [3.63, 3.8) is 0 Å². The average Bonchev–Trinajstić information content (AvgIpc) is 3.35. The van der Waals surface area contributed by atoms with E-state index in [1.54, 1.807) is 18.1 Å².